The van der Waals surface area contributed by atoms with E-state index in [2.05, 4.69) is 30.7 Å². The highest BCUT2D eigenvalue weighted by atomic mass is 19.4. The van der Waals surface area contributed by atoms with Gasteiger partial charge in [-0.25, -0.2) is 9.97 Å². The van der Waals surface area contributed by atoms with Crippen molar-refractivity contribution >= 4 is 23.4 Å². The number of H-pyrrole nitrogens is 1. The van der Waals surface area contributed by atoms with E-state index in [9.17, 15) is 23.1 Å². The van der Waals surface area contributed by atoms with E-state index in [-0.39, 0.29) is 29.8 Å². The number of anilines is 3. The molecule has 1 amide bonds. The third-order valence-corrected chi connectivity index (χ3v) is 5.23. The number of hydrogen-bond donors (Lipinski definition) is 5. The molecule has 1 atom stereocenters. The van der Waals surface area contributed by atoms with Gasteiger partial charge in [0.25, 0.3) is 0 Å². The Morgan fingerprint density at radius 2 is 1.92 bits per heavy atom. The SMILES string of the molecule is Cc1cc(Nc2ncc(-c3n[nH]c(C(F)(F)F)n3)c(N[C@H](CO)c3ccccc3)n2)ccc1C(N)=O. The minimum Gasteiger partial charge on any atom is -0.394 e. The maximum absolute atomic E-state index is 13.1. The number of primary amides is 1. The summed E-state index contributed by atoms with van der Waals surface area (Å²) in [7, 11) is 0. The van der Waals surface area contributed by atoms with Gasteiger partial charge in [-0.1, -0.05) is 30.3 Å². The van der Waals surface area contributed by atoms with Crippen LogP contribution in [-0.2, 0) is 6.18 Å². The zero-order chi connectivity index (χ0) is 25.9. The number of aromatic nitrogens is 5. The van der Waals surface area contributed by atoms with Crippen LogP contribution in [0.3, 0.4) is 0 Å². The van der Waals surface area contributed by atoms with E-state index in [0.29, 0.717) is 16.8 Å². The summed E-state index contributed by atoms with van der Waals surface area (Å²) >= 11 is 0. The Hall–Kier alpha value is -4.52. The van der Waals surface area contributed by atoms with Gasteiger partial charge in [-0.15, -0.1) is 0 Å². The highest BCUT2D eigenvalue weighted by Crippen LogP contribution is 2.31. The Balaban J connectivity index is 1.72. The van der Waals surface area contributed by atoms with Crippen molar-refractivity contribution in [1.82, 2.24) is 25.1 Å². The molecule has 0 saturated carbocycles. The number of carbonyl (C=O) groups is 1. The average Bonchev–Trinajstić information content (AvgIpc) is 3.34. The van der Waals surface area contributed by atoms with Crippen LogP contribution in [0.5, 0.6) is 0 Å². The minimum atomic E-state index is -4.71. The van der Waals surface area contributed by atoms with Crippen LogP contribution in [0.4, 0.5) is 30.6 Å². The predicted octanol–water partition coefficient (Wildman–Crippen LogP) is 3.58. The summed E-state index contributed by atoms with van der Waals surface area (Å²) in [6.45, 7) is 1.39. The third kappa shape index (κ3) is 5.41. The molecule has 0 fully saturated rings. The maximum Gasteiger partial charge on any atom is 0.451 e. The lowest BCUT2D eigenvalue weighted by Gasteiger charge is -2.19. The van der Waals surface area contributed by atoms with Gasteiger partial charge in [-0.05, 0) is 36.2 Å². The first-order valence-electron chi connectivity index (χ1n) is 10.6. The number of nitrogens with two attached hydrogens (primary N) is 1. The number of aryl methyl sites for hydroxylation is 1. The fraction of sp³-hybridized carbons (Fsp3) is 0.174. The summed E-state index contributed by atoms with van der Waals surface area (Å²) in [5, 5.41) is 21.5. The van der Waals surface area contributed by atoms with Crippen molar-refractivity contribution in [3.8, 4) is 11.4 Å². The van der Waals surface area contributed by atoms with E-state index in [1.54, 1.807) is 49.4 Å². The van der Waals surface area contributed by atoms with Crippen LogP contribution >= 0.6 is 0 Å². The van der Waals surface area contributed by atoms with E-state index < -0.39 is 23.9 Å². The van der Waals surface area contributed by atoms with Crippen molar-refractivity contribution in [2.45, 2.75) is 19.1 Å². The van der Waals surface area contributed by atoms with Crippen LogP contribution in [0.1, 0.15) is 33.4 Å². The number of alkyl halides is 3. The fourth-order valence-corrected chi connectivity index (χ4v) is 3.46. The molecule has 0 bridgehead atoms. The predicted molar refractivity (Wildman–Crippen MR) is 125 cm³/mol. The molecule has 6 N–H and O–H groups in total. The summed E-state index contributed by atoms with van der Waals surface area (Å²) in [6.07, 6.45) is -3.45. The van der Waals surface area contributed by atoms with Gasteiger partial charge in [0.05, 0.1) is 18.2 Å². The lowest BCUT2D eigenvalue weighted by molar-refractivity contribution is -0.144. The number of hydrogen-bond acceptors (Lipinski definition) is 8. The lowest BCUT2D eigenvalue weighted by atomic mass is 10.1. The first-order valence-corrected chi connectivity index (χ1v) is 10.6. The van der Waals surface area contributed by atoms with Gasteiger partial charge in [0.15, 0.2) is 5.82 Å². The molecule has 0 aliphatic rings. The number of aliphatic hydroxyl groups is 1. The van der Waals surface area contributed by atoms with E-state index in [4.69, 9.17) is 5.73 Å². The Labute approximate surface area is 202 Å². The molecular formula is C23H21F3N8O2. The summed E-state index contributed by atoms with van der Waals surface area (Å²) in [6, 6.07) is 13.2. The number of amides is 1. The topological polar surface area (TPSA) is 155 Å². The number of halogens is 3. The molecule has 2 heterocycles. The van der Waals surface area contributed by atoms with E-state index >= 15 is 0 Å². The molecule has 13 heteroatoms. The second kappa shape index (κ2) is 10.00. The third-order valence-electron chi connectivity index (χ3n) is 5.23. The quantitative estimate of drug-likeness (QED) is 0.247. The number of nitrogens with one attached hydrogen (secondary N) is 3. The second-order valence-corrected chi connectivity index (χ2v) is 7.77. The maximum atomic E-state index is 13.1. The summed E-state index contributed by atoms with van der Waals surface area (Å²) in [5.74, 6) is -1.91. The average molecular weight is 498 g/mol. The minimum absolute atomic E-state index is 0.0851. The molecule has 4 rings (SSSR count). The molecule has 0 spiro atoms. The Kier molecular flexibility index (Phi) is 6.83. The van der Waals surface area contributed by atoms with E-state index in [1.165, 1.54) is 6.20 Å². The molecule has 36 heavy (non-hydrogen) atoms. The monoisotopic (exact) mass is 498 g/mol. The van der Waals surface area contributed by atoms with Crippen molar-refractivity contribution in [3.05, 3.63) is 77.2 Å². The standard InChI is InChI=1S/C23H21F3N8O2/c1-12-9-14(7-8-15(12)18(27)36)29-22-28-10-16(20-31-21(34-33-20)23(24,25)26)19(32-22)30-17(11-35)13-5-3-2-4-6-13/h2-10,17,35H,11H2,1H3,(H2,27,36)(H,31,33,34)(H2,28,29,30,32)/t17-/m1/s1. The molecule has 2 aromatic carbocycles. The molecule has 10 nitrogen and oxygen atoms in total. The fourth-order valence-electron chi connectivity index (χ4n) is 3.46. The van der Waals surface area contributed by atoms with Gasteiger partial charge >= 0.3 is 6.18 Å². The number of aliphatic hydroxyl groups excluding tert-OH is 1. The van der Waals surface area contributed by atoms with Gasteiger partial charge < -0.3 is 21.5 Å². The Morgan fingerprint density at radius 1 is 1.17 bits per heavy atom. The zero-order valence-electron chi connectivity index (χ0n) is 18.8. The smallest absolute Gasteiger partial charge is 0.394 e. The number of nitrogens with zero attached hydrogens (tertiary/aromatic N) is 4. The molecule has 0 saturated heterocycles. The molecular weight excluding hydrogens is 477 g/mol. The van der Waals surface area contributed by atoms with Gasteiger partial charge in [-0.2, -0.15) is 23.3 Å². The van der Waals surface area contributed by atoms with Crippen LogP contribution in [0.2, 0.25) is 0 Å². The molecule has 0 radical (unpaired) electrons. The van der Waals surface area contributed by atoms with Crippen LogP contribution in [-0.4, -0.2) is 42.8 Å². The summed E-state index contributed by atoms with van der Waals surface area (Å²) in [4.78, 5) is 23.6. The van der Waals surface area contributed by atoms with Crippen LogP contribution < -0.4 is 16.4 Å². The van der Waals surface area contributed by atoms with Gasteiger partial charge in [0, 0.05) is 17.4 Å². The van der Waals surface area contributed by atoms with Gasteiger partial charge in [0.2, 0.25) is 17.7 Å². The molecule has 4 aromatic rings. The van der Waals surface area contributed by atoms with Crippen molar-refractivity contribution in [3.63, 3.8) is 0 Å². The van der Waals surface area contributed by atoms with Crippen LogP contribution in [0.15, 0.2) is 54.7 Å². The van der Waals surface area contributed by atoms with E-state index in [0.717, 1.165) is 5.56 Å². The Morgan fingerprint density at radius 3 is 2.53 bits per heavy atom. The zero-order valence-corrected chi connectivity index (χ0v) is 18.8. The molecule has 2 aromatic heterocycles. The number of benzene rings is 2. The van der Waals surface area contributed by atoms with E-state index in [1.807, 2.05) is 11.2 Å². The van der Waals surface area contributed by atoms with Gasteiger partial charge in [0.1, 0.15) is 5.82 Å². The van der Waals surface area contributed by atoms with Crippen LogP contribution in [0, 0.1) is 6.92 Å². The lowest BCUT2D eigenvalue weighted by Crippen LogP contribution is -2.17. The Bertz CT molecular complexity index is 1380. The van der Waals surface area contributed by atoms with Crippen molar-refractivity contribution in [2.24, 2.45) is 5.73 Å². The van der Waals surface area contributed by atoms with Gasteiger partial charge in [-0.3, -0.25) is 9.89 Å². The second-order valence-electron chi connectivity index (χ2n) is 7.77. The number of rotatable bonds is 8. The van der Waals surface area contributed by atoms with Crippen molar-refractivity contribution in [1.29, 1.82) is 0 Å². The van der Waals surface area contributed by atoms with Crippen molar-refractivity contribution < 1.29 is 23.1 Å². The first-order chi connectivity index (χ1) is 17.2. The van der Waals surface area contributed by atoms with Crippen molar-refractivity contribution in [2.75, 3.05) is 17.2 Å². The molecule has 186 valence electrons. The highest BCUT2D eigenvalue weighted by molar-refractivity contribution is 5.94. The summed E-state index contributed by atoms with van der Waals surface area (Å²) < 4.78 is 39.2. The first kappa shape index (κ1) is 24.6. The normalized spacial score (nSPS) is 12.2. The number of carbonyl (C=O) groups excluding carboxylic acids is 1. The number of aromatic amines is 1. The highest BCUT2D eigenvalue weighted by Gasteiger charge is 2.35. The molecule has 0 aliphatic carbocycles. The van der Waals surface area contributed by atoms with Crippen LogP contribution in [0.25, 0.3) is 11.4 Å². The molecule has 0 aliphatic heterocycles. The summed E-state index contributed by atoms with van der Waals surface area (Å²) in [5.41, 5.74) is 7.70. The molecule has 0 unspecified atom stereocenters. The largest absolute Gasteiger partial charge is 0.451 e.